The summed E-state index contributed by atoms with van der Waals surface area (Å²) < 4.78 is 5.90. The summed E-state index contributed by atoms with van der Waals surface area (Å²) in [6.07, 6.45) is 4.45. The molecule has 1 aromatic heterocycles. The van der Waals surface area contributed by atoms with Crippen molar-refractivity contribution in [1.29, 1.82) is 0 Å². The molecule has 0 fully saturated rings. The van der Waals surface area contributed by atoms with E-state index in [1.54, 1.807) is 0 Å². The zero-order valence-corrected chi connectivity index (χ0v) is 9.13. The maximum atomic E-state index is 5.90. The first kappa shape index (κ1) is 8.78. The van der Waals surface area contributed by atoms with Gasteiger partial charge in [-0.3, -0.25) is 0 Å². The number of aryl methyl sites for hydroxylation is 2. The largest absolute Gasteiger partial charge is 0.460 e. The van der Waals surface area contributed by atoms with Crippen LogP contribution in [0.5, 0.6) is 0 Å². The second-order valence-electron chi connectivity index (χ2n) is 4.33. The molecule has 15 heavy (non-hydrogen) atoms. The third kappa shape index (κ3) is 1.23. The second-order valence-corrected chi connectivity index (χ2v) is 4.33. The lowest BCUT2D eigenvalue weighted by Crippen LogP contribution is -1.93. The van der Waals surface area contributed by atoms with Crippen molar-refractivity contribution in [2.24, 2.45) is 0 Å². The van der Waals surface area contributed by atoms with Crippen LogP contribution in [0.15, 0.2) is 28.7 Å². The third-order valence-electron chi connectivity index (χ3n) is 3.13. The monoisotopic (exact) mass is 198 g/mol. The highest BCUT2D eigenvalue weighted by atomic mass is 16.3. The van der Waals surface area contributed by atoms with Crippen LogP contribution in [0.4, 0.5) is 0 Å². The Morgan fingerprint density at radius 2 is 2.07 bits per heavy atom. The summed E-state index contributed by atoms with van der Waals surface area (Å²) in [5.41, 5.74) is 4.99. The van der Waals surface area contributed by atoms with Crippen molar-refractivity contribution in [2.75, 3.05) is 0 Å². The Bertz CT molecular complexity index is 558. The summed E-state index contributed by atoms with van der Waals surface area (Å²) in [5, 5.41) is 1.27. The van der Waals surface area contributed by atoms with Crippen LogP contribution in [-0.4, -0.2) is 0 Å². The maximum Gasteiger partial charge on any atom is 0.135 e. The summed E-state index contributed by atoms with van der Waals surface area (Å²) in [5.74, 6) is 1.16. The van der Waals surface area contributed by atoms with Crippen molar-refractivity contribution < 1.29 is 4.42 Å². The predicted octanol–water partition coefficient (Wildman–Crippen LogP) is 4.09. The zero-order valence-electron chi connectivity index (χ0n) is 9.13. The topological polar surface area (TPSA) is 13.1 Å². The molecule has 0 radical (unpaired) electrons. The lowest BCUT2D eigenvalue weighted by Gasteiger charge is -2.08. The van der Waals surface area contributed by atoms with Crippen LogP contribution in [0.25, 0.3) is 16.5 Å². The second kappa shape index (κ2) is 2.99. The molecule has 1 aliphatic rings. The van der Waals surface area contributed by atoms with Gasteiger partial charge in [0.2, 0.25) is 0 Å². The molecule has 0 atom stereocenters. The van der Waals surface area contributed by atoms with Gasteiger partial charge in [0, 0.05) is 17.4 Å². The van der Waals surface area contributed by atoms with E-state index in [2.05, 4.69) is 38.1 Å². The van der Waals surface area contributed by atoms with Crippen molar-refractivity contribution in [1.82, 2.24) is 0 Å². The number of hydrogen-bond donors (Lipinski definition) is 0. The molecule has 1 heteroatoms. The van der Waals surface area contributed by atoms with Gasteiger partial charge in [0.25, 0.3) is 0 Å². The minimum Gasteiger partial charge on any atom is -0.460 e. The molecule has 0 aliphatic heterocycles. The van der Waals surface area contributed by atoms with Crippen molar-refractivity contribution in [3.05, 3.63) is 41.2 Å². The van der Waals surface area contributed by atoms with Crippen LogP contribution >= 0.6 is 0 Å². The van der Waals surface area contributed by atoms with Gasteiger partial charge in [-0.2, -0.15) is 0 Å². The molecule has 1 aliphatic carbocycles. The Hall–Kier alpha value is -1.50. The molecule has 2 aromatic rings. The van der Waals surface area contributed by atoms with E-state index in [1.165, 1.54) is 22.1 Å². The average molecular weight is 198 g/mol. The van der Waals surface area contributed by atoms with Crippen LogP contribution in [0, 0.1) is 6.92 Å². The first-order chi connectivity index (χ1) is 7.25. The lowest BCUT2D eigenvalue weighted by atomic mass is 9.95. The fourth-order valence-electron chi connectivity index (χ4n) is 2.38. The van der Waals surface area contributed by atoms with Crippen LogP contribution < -0.4 is 0 Å². The highest BCUT2D eigenvalue weighted by Crippen LogP contribution is 2.35. The molecule has 0 spiro atoms. The fourth-order valence-corrected chi connectivity index (χ4v) is 2.38. The van der Waals surface area contributed by atoms with Crippen molar-refractivity contribution in [3.63, 3.8) is 0 Å². The molecule has 1 aromatic carbocycles. The number of fused-ring (bicyclic) bond motifs is 3. The van der Waals surface area contributed by atoms with Crippen molar-refractivity contribution >= 4 is 16.5 Å². The lowest BCUT2D eigenvalue weighted by molar-refractivity contribution is 0.545. The van der Waals surface area contributed by atoms with E-state index in [0.29, 0.717) is 0 Å². The molecule has 0 bridgehead atoms. The van der Waals surface area contributed by atoms with Gasteiger partial charge >= 0.3 is 0 Å². The standard InChI is InChI=1S/C14H14O/c1-9-6-7-11-13(8-9)15-12-5-3-4-10(2)14(11)12/h4,6-8H,3,5H2,1-2H3. The van der Waals surface area contributed by atoms with Crippen LogP contribution in [0.3, 0.4) is 0 Å². The van der Waals surface area contributed by atoms with Crippen molar-refractivity contribution in [2.45, 2.75) is 26.7 Å². The molecule has 0 amide bonds. The van der Waals surface area contributed by atoms with Gasteiger partial charge in [0.15, 0.2) is 0 Å². The summed E-state index contributed by atoms with van der Waals surface area (Å²) >= 11 is 0. The smallest absolute Gasteiger partial charge is 0.135 e. The molecule has 0 saturated carbocycles. The van der Waals surface area contributed by atoms with Crippen molar-refractivity contribution in [3.8, 4) is 0 Å². The van der Waals surface area contributed by atoms with Gasteiger partial charge in [0.05, 0.1) is 0 Å². The average Bonchev–Trinajstić information content (AvgIpc) is 2.56. The minimum absolute atomic E-state index is 1.04. The SMILES string of the molecule is CC1=CCCc2oc3cc(C)ccc3c21. The van der Waals surface area contributed by atoms with Gasteiger partial charge in [0.1, 0.15) is 11.3 Å². The molecule has 3 rings (SSSR count). The highest BCUT2D eigenvalue weighted by Gasteiger charge is 2.17. The van der Waals surface area contributed by atoms with Crippen LogP contribution in [0.2, 0.25) is 0 Å². The van der Waals surface area contributed by atoms with Crippen LogP contribution in [-0.2, 0) is 6.42 Å². The Balaban J connectivity index is 2.38. The summed E-state index contributed by atoms with van der Waals surface area (Å²) in [7, 11) is 0. The van der Waals surface area contributed by atoms with Gasteiger partial charge < -0.3 is 4.42 Å². The molecule has 0 saturated heterocycles. The van der Waals surface area contributed by atoms with E-state index in [9.17, 15) is 0 Å². The Morgan fingerprint density at radius 1 is 1.20 bits per heavy atom. The molecule has 1 nitrogen and oxygen atoms in total. The van der Waals surface area contributed by atoms with Gasteiger partial charge in [-0.1, -0.05) is 18.2 Å². The van der Waals surface area contributed by atoms with E-state index < -0.39 is 0 Å². The molecular weight excluding hydrogens is 184 g/mol. The highest BCUT2D eigenvalue weighted by molar-refractivity contribution is 5.93. The summed E-state index contributed by atoms with van der Waals surface area (Å²) in [4.78, 5) is 0. The number of benzene rings is 1. The first-order valence-corrected chi connectivity index (χ1v) is 5.45. The van der Waals surface area contributed by atoms with Gasteiger partial charge in [-0.15, -0.1) is 0 Å². The molecular formula is C14H14O. The van der Waals surface area contributed by atoms with E-state index in [0.717, 1.165) is 24.2 Å². The summed E-state index contributed by atoms with van der Waals surface area (Å²) in [6, 6.07) is 6.45. The van der Waals surface area contributed by atoms with Gasteiger partial charge in [-0.25, -0.2) is 0 Å². The zero-order chi connectivity index (χ0) is 10.4. The van der Waals surface area contributed by atoms with Gasteiger partial charge in [-0.05, 0) is 37.5 Å². The normalized spacial score (nSPS) is 15.2. The van der Waals surface area contributed by atoms with E-state index in [-0.39, 0.29) is 0 Å². The van der Waals surface area contributed by atoms with E-state index in [4.69, 9.17) is 4.42 Å². The Kier molecular flexibility index (Phi) is 1.75. The predicted molar refractivity (Wildman–Crippen MR) is 62.9 cm³/mol. The number of rotatable bonds is 0. The summed E-state index contributed by atoms with van der Waals surface area (Å²) in [6.45, 7) is 4.27. The maximum absolute atomic E-state index is 5.90. The molecule has 0 unspecified atom stereocenters. The minimum atomic E-state index is 1.04. The van der Waals surface area contributed by atoms with E-state index in [1.807, 2.05) is 0 Å². The Labute approximate surface area is 89.4 Å². The first-order valence-electron chi connectivity index (χ1n) is 5.45. The Morgan fingerprint density at radius 3 is 2.93 bits per heavy atom. The number of allylic oxidation sites excluding steroid dienone is 2. The van der Waals surface area contributed by atoms with E-state index >= 15 is 0 Å². The van der Waals surface area contributed by atoms with Crippen LogP contribution in [0.1, 0.15) is 30.2 Å². The molecule has 0 N–H and O–H groups in total. The molecule has 76 valence electrons. The number of furan rings is 1. The fraction of sp³-hybridized carbons (Fsp3) is 0.286. The molecule has 1 heterocycles. The quantitative estimate of drug-likeness (QED) is 0.621. The number of hydrogen-bond acceptors (Lipinski definition) is 1. The third-order valence-corrected chi connectivity index (χ3v) is 3.13.